The molecule has 1 aromatic rings. The van der Waals surface area contributed by atoms with Gasteiger partial charge in [-0.1, -0.05) is 0 Å². The van der Waals surface area contributed by atoms with Crippen LogP contribution in [0, 0.1) is 0 Å². The Bertz CT molecular complexity index is 359. The van der Waals surface area contributed by atoms with Gasteiger partial charge in [0.1, 0.15) is 0 Å². The van der Waals surface area contributed by atoms with Gasteiger partial charge in [-0.15, -0.1) is 13.2 Å². The third-order valence-electron chi connectivity index (χ3n) is 1.71. The minimum atomic E-state index is -2.67. The number of hydrogen-bond acceptors (Lipinski definition) is 1. The van der Waals surface area contributed by atoms with Crippen molar-refractivity contribution in [1.82, 2.24) is 0 Å². The molecule has 1 unspecified atom stereocenters. The second-order valence-corrected chi connectivity index (χ2v) is 7.73. The van der Waals surface area contributed by atoms with Crippen LogP contribution < -0.4 is 0 Å². The fourth-order valence-corrected chi connectivity index (χ4v) is 2.35. The molecule has 0 bridgehead atoms. The molecule has 15 heavy (non-hydrogen) atoms. The molecule has 1 rings (SSSR count). The Kier molecular flexibility index (Phi) is 7.61. The zero-order valence-electron chi connectivity index (χ0n) is 8.59. The molecule has 1 N–H and O–H groups in total. The van der Waals surface area contributed by atoms with Crippen molar-refractivity contribution in [3.8, 4) is 0 Å². The molecule has 0 spiro atoms. The molecule has 1 aromatic carbocycles. The van der Waals surface area contributed by atoms with E-state index in [1.807, 2.05) is 30.3 Å². The van der Waals surface area contributed by atoms with E-state index in [4.69, 9.17) is 4.55 Å². The molecule has 2 nitrogen and oxygen atoms in total. The summed E-state index contributed by atoms with van der Waals surface area (Å²) in [5.74, 6) is 0.335. The Hall–Kier alpha value is -0.411. The van der Waals surface area contributed by atoms with Gasteiger partial charge < -0.3 is 0 Å². The average molecular weight is 291 g/mol. The van der Waals surface area contributed by atoms with Gasteiger partial charge in [0.05, 0.1) is 0 Å². The van der Waals surface area contributed by atoms with E-state index >= 15 is 0 Å². The SMILES string of the molecule is C=C.O=S(O)(=[Se])CCCc1ccccc1. The van der Waals surface area contributed by atoms with Crippen molar-refractivity contribution in [1.29, 1.82) is 0 Å². The van der Waals surface area contributed by atoms with Crippen LogP contribution in [0.2, 0.25) is 0 Å². The normalized spacial score (nSPS) is 13.4. The Morgan fingerprint density at radius 2 is 1.80 bits per heavy atom. The zero-order valence-corrected chi connectivity index (χ0v) is 11.1. The molecule has 0 radical (unpaired) electrons. The van der Waals surface area contributed by atoms with E-state index in [1.165, 1.54) is 5.56 Å². The van der Waals surface area contributed by atoms with E-state index < -0.39 is 8.14 Å². The quantitative estimate of drug-likeness (QED) is 0.682. The van der Waals surface area contributed by atoms with Gasteiger partial charge >= 0.3 is 85.8 Å². The molecule has 0 saturated carbocycles. The van der Waals surface area contributed by atoms with E-state index in [0.29, 0.717) is 5.75 Å². The van der Waals surface area contributed by atoms with E-state index in [1.54, 1.807) is 0 Å². The molecular formula is C11H16O2SSe. The van der Waals surface area contributed by atoms with Crippen LogP contribution in [-0.2, 0) is 14.6 Å². The summed E-state index contributed by atoms with van der Waals surface area (Å²) in [6, 6.07) is 9.97. The van der Waals surface area contributed by atoms with Crippen molar-refractivity contribution >= 4 is 22.5 Å². The predicted octanol–water partition coefficient (Wildman–Crippen LogP) is 2.26. The third-order valence-corrected chi connectivity index (χ3v) is 3.56. The monoisotopic (exact) mass is 292 g/mol. The molecule has 1 atom stereocenters. The van der Waals surface area contributed by atoms with Crippen LogP contribution in [0.3, 0.4) is 0 Å². The first-order valence-electron chi connectivity index (χ1n) is 4.57. The molecule has 0 aliphatic carbocycles. The van der Waals surface area contributed by atoms with Gasteiger partial charge in [-0.3, -0.25) is 0 Å². The van der Waals surface area contributed by atoms with E-state index in [-0.39, 0.29) is 0 Å². The second-order valence-electron chi connectivity index (χ2n) is 2.88. The maximum absolute atomic E-state index is 10.9. The first-order valence-corrected chi connectivity index (χ1v) is 8.28. The molecule has 0 heterocycles. The summed E-state index contributed by atoms with van der Waals surface area (Å²) in [5.41, 5.74) is 1.21. The summed E-state index contributed by atoms with van der Waals surface area (Å²) in [5, 5.41) is 0. The van der Waals surface area contributed by atoms with E-state index in [0.717, 1.165) is 12.8 Å². The first-order chi connectivity index (χ1) is 7.08. The Balaban J connectivity index is 0.000000921. The molecule has 84 valence electrons. The van der Waals surface area contributed by atoms with Gasteiger partial charge in [0.2, 0.25) is 0 Å². The predicted molar refractivity (Wildman–Crippen MR) is 67.4 cm³/mol. The van der Waals surface area contributed by atoms with Crippen LogP contribution in [0.1, 0.15) is 12.0 Å². The summed E-state index contributed by atoms with van der Waals surface area (Å²) in [7, 11) is -2.67. The second kappa shape index (κ2) is 7.83. The number of hydrogen-bond donors (Lipinski definition) is 1. The van der Waals surface area contributed by atoms with Gasteiger partial charge in [0.15, 0.2) is 0 Å². The van der Waals surface area contributed by atoms with Crippen molar-refractivity contribution in [3.05, 3.63) is 49.1 Å². The van der Waals surface area contributed by atoms with Crippen molar-refractivity contribution in [2.75, 3.05) is 5.75 Å². The zero-order chi connectivity index (χ0) is 11.7. The summed E-state index contributed by atoms with van der Waals surface area (Å²) in [4.78, 5) is 0. The van der Waals surface area contributed by atoms with Crippen molar-refractivity contribution < 1.29 is 8.76 Å². The van der Waals surface area contributed by atoms with E-state index in [9.17, 15) is 4.21 Å². The van der Waals surface area contributed by atoms with Crippen LogP contribution in [-0.4, -0.2) is 28.9 Å². The number of rotatable bonds is 4. The third kappa shape index (κ3) is 8.58. The summed E-state index contributed by atoms with van der Waals surface area (Å²) < 4.78 is 19.8. The van der Waals surface area contributed by atoms with Gasteiger partial charge in [-0.05, 0) is 0 Å². The molecule has 4 heteroatoms. The molecule has 0 aliphatic heterocycles. The molecule has 0 fully saturated rings. The Morgan fingerprint density at radius 1 is 1.27 bits per heavy atom. The molecule has 0 amide bonds. The van der Waals surface area contributed by atoms with Crippen LogP contribution in [0.15, 0.2) is 43.5 Å². The number of aryl methyl sites for hydroxylation is 1. The summed E-state index contributed by atoms with van der Waals surface area (Å²) >= 11 is 2.29. The summed E-state index contributed by atoms with van der Waals surface area (Å²) in [6.07, 6.45) is 1.60. The number of benzene rings is 1. The van der Waals surface area contributed by atoms with Crippen LogP contribution >= 0.6 is 0 Å². The first kappa shape index (κ1) is 14.6. The molecule has 0 aromatic heterocycles. The van der Waals surface area contributed by atoms with Crippen molar-refractivity contribution in [2.45, 2.75) is 12.8 Å². The minimum absolute atomic E-state index is 0.335. The van der Waals surface area contributed by atoms with Gasteiger partial charge in [0, 0.05) is 0 Å². The maximum atomic E-state index is 10.9. The fraction of sp³-hybridized carbons (Fsp3) is 0.273. The fourth-order valence-electron chi connectivity index (χ4n) is 1.10. The molecule has 0 aliphatic rings. The Morgan fingerprint density at radius 3 is 2.27 bits per heavy atom. The molecular weight excluding hydrogens is 275 g/mol. The van der Waals surface area contributed by atoms with Crippen LogP contribution in [0.5, 0.6) is 0 Å². The molecule has 0 saturated heterocycles. The van der Waals surface area contributed by atoms with E-state index in [2.05, 4.69) is 27.5 Å². The van der Waals surface area contributed by atoms with Gasteiger partial charge in [-0.2, -0.15) is 0 Å². The van der Waals surface area contributed by atoms with Crippen molar-refractivity contribution in [3.63, 3.8) is 0 Å². The van der Waals surface area contributed by atoms with Crippen LogP contribution in [0.4, 0.5) is 0 Å². The van der Waals surface area contributed by atoms with Gasteiger partial charge in [0.25, 0.3) is 0 Å². The van der Waals surface area contributed by atoms with Crippen molar-refractivity contribution in [2.24, 2.45) is 0 Å². The summed E-state index contributed by atoms with van der Waals surface area (Å²) in [6.45, 7) is 6.00. The van der Waals surface area contributed by atoms with Gasteiger partial charge in [-0.25, -0.2) is 0 Å². The topological polar surface area (TPSA) is 37.3 Å². The average Bonchev–Trinajstić information content (AvgIpc) is 2.20. The Labute approximate surface area is 98.9 Å². The van der Waals surface area contributed by atoms with Crippen LogP contribution in [0.25, 0.3) is 0 Å². The standard InChI is InChI=1S/C9H12O2SSe.C2H4/c10-12(11,13)8-4-7-9-5-2-1-3-6-9;1-2/h1-3,5-6H,4,7-8H2,(H,10,11,13);1-2H2.